The summed E-state index contributed by atoms with van der Waals surface area (Å²) in [6.45, 7) is 2.84. The minimum absolute atomic E-state index is 0.0328. The molecule has 0 saturated carbocycles. The van der Waals surface area contributed by atoms with Crippen molar-refractivity contribution in [2.45, 2.75) is 25.1 Å². The van der Waals surface area contributed by atoms with E-state index >= 15 is 0 Å². The van der Waals surface area contributed by atoms with Crippen LogP contribution in [0.3, 0.4) is 0 Å². The van der Waals surface area contributed by atoms with E-state index in [0.717, 1.165) is 37.2 Å². The van der Waals surface area contributed by atoms with Crippen LogP contribution in [0.25, 0.3) is 11.4 Å². The second kappa shape index (κ2) is 11.2. The second-order valence-corrected chi connectivity index (χ2v) is 8.97. The molecule has 1 aliphatic heterocycles. The molecule has 32 heavy (non-hydrogen) atoms. The molecule has 1 N–H and O–H groups in total. The van der Waals surface area contributed by atoms with E-state index in [4.69, 9.17) is 4.52 Å². The highest BCUT2D eigenvalue weighted by Gasteiger charge is 2.25. The van der Waals surface area contributed by atoms with Crippen LogP contribution in [0.15, 0.2) is 59.1 Å². The third-order valence-corrected chi connectivity index (χ3v) is 6.59. The zero-order valence-corrected chi connectivity index (χ0v) is 18.7. The van der Waals surface area contributed by atoms with E-state index < -0.39 is 0 Å². The number of aromatic nitrogens is 2. The summed E-state index contributed by atoms with van der Waals surface area (Å²) in [4.78, 5) is 19.2. The van der Waals surface area contributed by atoms with Crippen LogP contribution >= 0.6 is 11.8 Å². The van der Waals surface area contributed by atoms with E-state index in [9.17, 15) is 9.18 Å². The van der Waals surface area contributed by atoms with Gasteiger partial charge in [0.1, 0.15) is 5.82 Å². The first-order chi connectivity index (χ1) is 15.7. The van der Waals surface area contributed by atoms with Gasteiger partial charge in [-0.3, -0.25) is 9.69 Å². The molecule has 6 nitrogen and oxygen atoms in total. The number of hydrogen-bond acceptors (Lipinski definition) is 6. The molecular weight excluding hydrogens is 427 g/mol. The number of hydrogen-bond donors (Lipinski definition) is 1. The van der Waals surface area contributed by atoms with Crippen molar-refractivity contribution < 1.29 is 13.7 Å². The highest BCUT2D eigenvalue weighted by atomic mass is 32.2. The van der Waals surface area contributed by atoms with Gasteiger partial charge >= 0.3 is 0 Å². The lowest BCUT2D eigenvalue weighted by Gasteiger charge is -2.30. The predicted molar refractivity (Wildman–Crippen MR) is 123 cm³/mol. The molecule has 2 aromatic carbocycles. The summed E-state index contributed by atoms with van der Waals surface area (Å²) in [6, 6.07) is 16.6. The van der Waals surface area contributed by atoms with Crippen molar-refractivity contribution >= 4 is 17.7 Å². The Balaban J connectivity index is 1.14. The van der Waals surface area contributed by atoms with Gasteiger partial charge in [-0.25, -0.2) is 4.39 Å². The van der Waals surface area contributed by atoms with Gasteiger partial charge in [0.05, 0.1) is 6.54 Å². The minimum Gasteiger partial charge on any atom is -0.355 e. The largest absolute Gasteiger partial charge is 0.355 e. The summed E-state index contributed by atoms with van der Waals surface area (Å²) in [5, 5.41) is 7.09. The molecule has 0 bridgehead atoms. The molecular formula is C24H27FN4O2S. The fourth-order valence-electron chi connectivity index (χ4n) is 3.76. The van der Waals surface area contributed by atoms with E-state index in [2.05, 4.69) is 20.4 Å². The van der Waals surface area contributed by atoms with Gasteiger partial charge in [0.2, 0.25) is 17.6 Å². The lowest BCUT2D eigenvalue weighted by Crippen LogP contribution is -2.40. The Labute approximate surface area is 191 Å². The molecule has 0 atom stereocenters. The summed E-state index contributed by atoms with van der Waals surface area (Å²) >= 11 is 1.62. The Morgan fingerprint density at radius 3 is 2.66 bits per heavy atom. The molecule has 1 fully saturated rings. The third kappa shape index (κ3) is 6.17. The van der Waals surface area contributed by atoms with Gasteiger partial charge < -0.3 is 9.84 Å². The number of benzene rings is 2. The maximum Gasteiger partial charge on any atom is 0.241 e. The average molecular weight is 455 g/mol. The summed E-state index contributed by atoms with van der Waals surface area (Å²) in [7, 11) is 0. The Morgan fingerprint density at radius 2 is 1.88 bits per heavy atom. The highest BCUT2D eigenvalue weighted by Crippen LogP contribution is 2.21. The molecule has 8 heteroatoms. The van der Waals surface area contributed by atoms with Crippen LogP contribution in [0.2, 0.25) is 0 Å². The quantitative estimate of drug-likeness (QED) is 0.490. The number of amides is 1. The van der Waals surface area contributed by atoms with Crippen molar-refractivity contribution in [3.8, 4) is 11.4 Å². The third-order valence-electron chi connectivity index (χ3n) is 5.58. The molecule has 0 spiro atoms. The number of nitrogens with one attached hydrogen (secondary N) is 1. The van der Waals surface area contributed by atoms with Crippen molar-refractivity contribution in [2.24, 2.45) is 5.92 Å². The zero-order valence-electron chi connectivity index (χ0n) is 17.9. The molecule has 4 rings (SSSR count). The van der Waals surface area contributed by atoms with Gasteiger partial charge in [-0.2, -0.15) is 16.7 Å². The number of thioether (sulfide) groups is 1. The Hall–Kier alpha value is -2.71. The van der Waals surface area contributed by atoms with Gasteiger partial charge in [0.15, 0.2) is 0 Å². The monoisotopic (exact) mass is 454 g/mol. The standard InChI is InChI=1S/C24H27FN4O2S/c25-21-9-5-4-8-20(21)17-32-15-12-26-24(30)19-10-13-29(14-11-19)16-22-27-23(28-31-22)18-6-2-1-3-7-18/h1-9,19H,10-17H2,(H,26,30). The molecule has 1 saturated heterocycles. The van der Waals surface area contributed by atoms with Crippen molar-refractivity contribution in [3.63, 3.8) is 0 Å². The van der Waals surface area contributed by atoms with Crippen LogP contribution in [0.5, 0.6) is 0 Å². The molecule has 0 aliphatic carbocycles. The maximum absolute atomic E-state index is 13.6. The second-order valence-electron chi connectivity index (χ2n) is 7.86. The van der Waals surface area contributed by atoms with Gasteiger partial charge in [-0.15, -0.1) is 0 Å². The molecule has 1 aromatic heterocycles. The molecule has 1 aliphatic rings. The smallest absolute Gasteiger partial charge is 0.241 e. The molecule has 3 aromatic rings. The molecule has 1 amide bonds. The number of likely N-dealkylation sites (tertiary alicyclic amines) is 1. The minimum atomic E-state index is -0.174. The topological polar surface area (TPSA) is 71.3 Å². The molecule has 0 radical (unpaired) electrons. The summed E-state index contributed by atoms with van der Waals surface area (Å²) in [6.07, 6.45) is 1.63. The number of carbonyl (C=O) groups excluding carboxylic acids is 1. The first-order valence-electron chi connectivity index (χ1n) is 10.9. The predicted octanol–water partition coefficient (Wildman–Crippen LogP) is 4.14. The van der Waals surface area contributed by atoms with E-state index in [1.807, 2.05) is 36.4 Å². The van der Waals surface area contributed by atoms with Gasteiger partial charge in [-0.05, 0) is 37.6 Å². The number of halogens is 1. The van der Waals surface area contributed by atoms with Crippen LogP contribution in [0.1, 0.15) is 24.3 Å². The van der Waals surface area contributed by atoms with Crippen molar-refractivity contribution in [3.05, 3.63) is 71.9 Å². The van der Waals surface area contributed by atoms with Crippen LogP contribution in [-0.2, 0) is 17.1 Å². The molecule has 2 heterocycles. The number of carbonyl (C=O) groups is 1. The first kappa shape index (κ1) is 22.5. The van der Waals surface area contributed by atoms with E-state index in [1.165, 1.54) is 6.07 Å². The summed E-state index contributed by atoms with van der Waals surface area (Å²) in [5.41, 5.74) is 1.64. The van der Waals surface area contributed by atoms with Gasteiger partial charge in [0.25, 0.3) is 0 Å². The average Bonchev–Trinajstić information content (AvgIpc) is 3.29. The van der Waals surface area contributed by atoms with Crippen LogP contribution in [0.4, 0.5) is 4.39 Å². The van der Waals surface area contributed by atoms with Crippen molar-refractivity contribution in [2.75, 3.05) is 25.4 Å². The Bertz CT molecular complexity index is 1010. The number of piperidine rings is 1. The fraction of sp³-hybridized carbons (Fsp3) is 0.375. The van der Waals surface area contributed by atoms with Crippen LogP contribution in [-0.4, -0.2) is 46.3 Å². The Kier molecular flexibility index (Phi) is 7.90. The van der Waals surface area contributed by atoms with E-state index in [1.54, 1.807) is 23.9 Å². The summed E-state index contributed by atoms with van der Waals surface area (Å²) < 4.78 is 19.0. The SMILES string of the molecule is O=C(NCCSCc1ccccc1F)C1CCN(Cc2nc(-c3ccccc3)no2)CC1. The Morgan fingerprint density at radius 1 is 1.12 bits per heavy atom. The lowest BCUT2D eigenvalue weighted by atomic mass is 9.96. The van der Waals surface area contributed by atoms with Crippen molar-refractivity contribution in [1.82, 2.24) is 20.4 Å². The lowest BCUT2D eigenvalue weighted by molar-refractivity contribution is -0.126. The van der Waals surface area contributed by atoms with Gasteiger partial charge in [0, 0.05) is 29.5 Å². The molecule has 0 unspecified atom stereocenters. The summed E-state index contributed by atoms with van der Waals surface area (Å²) in [5.74, 6) is 2.54. The fourth-order valence-corrected chi connectivity index (χ4v) is 4.60. The first-order valence-corrected chi connectivity index (χ1v) is 12.0. The van der Waals surface area contributed by atoms with Crippen LogP contribution in [0, 0.1) is 11.7 Å². The van der Waals surface area contributed by atoms with E-state index in [0.29, 0.717) is 36.1 Å². The normalized spacial score (nSPS) is 15.0. The highest BCUT2D eigenvalue weighted by molar-refractivity contribution is 7.98. The van der Waals surface area contributed by atoms with Crippen LogP contribution < -0.4 is 5.32 Å². The number of nitrogens with zero attached hydrogens (tertiary/aromatic N) is 3. The maximum atomic E-state index is 13.6. The molecule has 168 valence electrons. The van der Waals surface area contributed by atoms with E-state index in [-0.39, 0.29) is 17.6 Å². The zero-order chi connectivity index (χ0) is 22.2. The van der Waals surface area contributed by atoms with Gasteiger partial charge in [-0.1, -0.05) is 53.7 Å². The number of rotatable bonds is 9. The van der Waals surface area contributed by atoms with Crippen molar-refractivity contribution in [1.29, 1.82) is 0 Å².